The minimum absolute atomic E-state index is 0. The van der Waals surface area contributed by atoms with E-state index in [2.05, 4.69) is 30.7 Å². The number of fused-ring (bicyclic) bond motifs is 1. The van der Waals surface area contributed by atoms with Gasteiger partial charge in [0.25, 0.3) is 0 Å². The zero-order valence-corrected chi connectivity index (χ0v) is 21.1. The first-order valence-corrected chi connectivity index (χ1v) is 10.8. The molecule has 33 heavy (non-hydrogen) atoms. The van der Waals surface area contributed by atoms with Crippen LogP contribution in [0.25, 0.3) is 11.5 Å². The Labute approximate surface area is 209 Å². The van der Waals surface area contributed by atoms with E-state index in [9.17, 15) is 4.39 Å². The number of nitrogens with one attached hydrogen (secondary N) is 2. The van der Waals surface area contributed by atoms with Crippen LogP contribution < -0.4 is 10.6 Å². The summed E-state index contributed by atoms with van der Waals surface area (Å²) >= 11 is 0. The van der Waals surface area contributed by atoms with E-state index in [-0.39, 0.29) is 35.8 Å². The highest BCUT2D eigenvalue weighted by molar-refractivity contribution is 14.0. The van der Waals surface area contributed by atoms with Gasteiger partial charge in [0.15, 0.2) is 11.8 Å². The number of nitrogens with zero attached hydrogens (tertiary/aromatic N) is 5. The first-order chi connectivity index (χ1) is 15.6. The molecule has 0 bridgehead atoms. The highest BCUT2D eigenvalue weighted by Crippen LogP contribution is 2.19. The molecule has 1 atom stereocenters. The van der Waals surface area contributed by atoms with Crippen LogP contribution in [0.15, 0.2) is 39.9 Å². The second-order valence-electron chi connectivity index (χ2n) is 7.60. The molecule has 0 spiro atoms. The molecule has 2 aromatic heterocycles. The van der Waals surface area contributed by atoms with Crippen molar-refractivity contribution in [1.29, 1.82) is 0 Å². The number of benzene rings is 1. The monoisotopic (exact) mass is 569 g/mol. The smallest absolute Gasteiger partial charge is 0.226 e. The topological polar surface area (TPSA) is 102 Å². The van der Waals surface area contributed by atoms with Gasteiger partial charge in [-0.15, -0.1) is 24.0 Å². The third kappa shape index (κ3) is 6.73. The number of rotatable bonds is 8. The average Bonchev–Trinajstić information content (AvgIpc) is 3.41. The Bertz CT molecular complexity index is 1050. The predicted octanol–water partition coefficient (Wildman–Crippen LogP) is 2.95. The molecule has 3 heterocycles. The fraction of sp³-hybridized carbons (Fsp3) is 0.455. The summed E-state index contributed by atoms with van der Waals surface area (Å²) in [6.07, 6.45) is 4.08. The van der Waals surface area contributed by atoms with Gasteiger partial charge in [0.1, 0.15) is 24.5 Å². The first kappa shape index (κ1) is 25.1. The van der Waals surface area contributed by atoms with Gasteiger partial charge in [0.2, 0.25) is 5.89 Å². The number of aryl methyl sites for hydroxylation is 1. The average molecular weight is 569 g/mol. The zero-order chi connectivity index (χ0) is 22.3. The van der Waals surface area contributed by atoms with Crippen LogP contribution in [0.5, 0.6) is 0 Å². The summed E-state index contributed by atoms with van der Waals surface area (Å²) in [5.74, 6) is 2.68. The Balaban J connectivity index is 0.00000306. The lowest BCUT2D eigenvalue weighted by Gasteiger charge is -2.25. The van der Waals surface area contributed by atoms with E-state index in [1.165, 1.54) is 12.1 Å². The molecular weight excluding hydrogens is 540 g/mol. The van der Waals surface area contributed by atoms with Crippen LogP contribution in [0.2, 0.25) is 0 Å². The summed E-state index contributed by atoms with van der Waals surface area (Å²) < 4.78 is 25.7. The lowest BCUT2D eigenvalue weighted by Crippen LogP contribution is -2.47. The van der Waals surface area contributed by atoms with Crippen molar-refractivity contribution in [3.8, 4) is 11.5 Å². The molecule has 1 aliphatic rings. The first-order valence-electron chi connectivity index (χ1n) is 10.8. The summed E-state index contributed by atoms with van der Waals surface area (Å²) in [5.41, 5.74) is 1.55. The molecule has 1 aromatic carbocycles. The van der Waals surface area contributed by atoms with Crippen molar-refractivity contribution in [1.82, 2.24) is 30.4 Å². The molecule has 0 aliphatic carbocycles. The van der Waals surface area contributed by atoms with Crippen molar-refractivity contribution in [3.63, 3.8) is 0 Å². The van der Waals surface area contributed by atoms with E-state index in [0.29, 0.717) is 25.5 Å². The fourth-order valence-corrected chi connectivity index (χ4v) is 3.61. The van der Waals surface area contributed by atoms with Crippen LogP contribution in [-0.2, 0) is 30.7 Å². The number of halogens is 2. The number of guanidine groups is 1. The summed E-state index contributed by atoms with van der Waals surface area (Å²) in [6.45, 7) is 4.53. The maximum Gasteiger partial charge on any atom is 0.226 e. The van der Waals surface area contributed by atoms with E-state index in [4.69, 9.17) is 9.15 Å². The quantitative estimate of drug-likeness (QED) is 0.245. The Hall–Kier alpha value is -2.54. The number of oxazole rings is 1. The van der Waals surface area contributed by atoms with Crippen LogP contribution in [-0.4, -0.2) is 51.9 Å². The second-order valence-corrected chi connectivity index (χ2v) is 7.60. The number of hydrogen-bond acceptors (Lipinski definition) is 6. The van der Waals surface area contributed by atoms with E-state index >= 15 is 0 Å². The fourth-order valence-electron chi connectivity index (χ4n) is 3.61. The molecule has 11 heteroatoms. The summed E-state index contributed by atoms with van der Waals surface area (Å²) in [6, 6.07) is 6.31. The van der Waals surface area contributed by atoms with Crippen molar-refractivity contribution >= 4 is 29.9 Å². The standard InChI is InChI=1S/C22H28FN7O2.HI/c1-3-24-22(27-17-8-9-20-28-19(14-31-2)29-30(20)12-17)25-11-10-18-13-32-21(26-18)15-4-6-16(23)7-5-15;/h4-7,13,17H,3,8-12,14H2,1-2H3,(H2,24,25,27);1H. The van der Waals surface area contributed by atoms with Crippen molar-refractivity contribution in [2.24, 2.45) is 4.99 Å². The molecule has 2 N–H and O–H groups in total. The zero-order valence-electron chi connectivity index (χ0n) is 18.8. The van der Waals surface area contributed by atoms with E-state index < -0.39 is 0 Å². The Morgan fingerprint density at radius 3 is 2.88 bits per heavy atom. The Kier molecular flexibility index (Phi) is 9.18. The molecule has 1 aliphatic heterocycles. The summed E-state index contributed by atoms with van der Waals surface area (Å²) in [7, 11) is 1.65. The number of aliphatic imine (C=N–C) groups is 1. The predicted molar refractivity (Wildman–Crippen MR) is 133 cm³/mol. The molecule has 0 fully saturated rings. The highest BCUT2D eigenvalue weighted by Gasteiger charge is 2.22. The lowest BCUT2D eigenvalue weighted by molar-refractivity contribution is 0.177. The van der Waals surface area contributed by atoms with E-state index in [1.54, 1.807) is 25.5 Å². The van der Waals surface area contributed by atoms with Gasteiger partial charge in [-0.25, -0.2) is 19.0 Å². The number of aromatic nitrogens is 4. The van der Waals surface area contributed by atoms with Gasteiger partial charge < -0.3 is 19.8 Å². The molecule has 0 saturated heterocycles. The van der Waals surface area contributed by atoms with Crippen LogP contribution in [0.1, 0.15) is 30.7 Å². The van der Waals surface area contributed by atoms with Crippen molar-refractivity contribution in [3.05, 3.63) is 53.7 Å². The van der Waals surface area contributed by atoms with Gasteiger partial charge in [0.05, 0.1) is 12.2 Å². The highest BCUT2D eigenvalue weighted by atomic mass is 127. The third-order valence-corrected chi connectivity index (χ3v) is 5.14. The molecule has 1 unspecified atom stereocenters. The molecule has 0 amide bonds. The molecule has 4 rings (SSSR count). The molecule has 3 aromatic rings. The maximum atomic E-state index is 13.1. The largest absolute Gasteiger partial charge is 0.444 e. The third-order valence-electron chi connectivity index (χ3n) is 5.14. The van der Waals surface area contributed by atoms with Crippen LogP contribution >= 0.6 is 24.0 Å². The normalized spacial score (nSPS) is 15.6. The molecule has 9 nitrogen and oxygen atoms in total. The number of methoxy groups -OCH3 is 1. The summed E-state index contributed by atoms with van der Waals surface area (Å²) in [4.78, 5) is 13.7. The Morgan fingerprint density at radius 2 is 2.12 bits per heavy atom. The van der Waals surface area contributed by atoms with Crippen molar-refractivity contribution in [2.45, 2.75) is 45.4 Å². The van der Waals surface area contributed by atoms with Gasteiger partial charge in [0, 0.05) is 44.6 Å². The number of hydrogen-bond donors (Lipinski definition) is 2. The summed E-state index contributed by atoms with van der Waals surface area (Å²) in [5, 5.41) is 11.3. The maximum absolute atomic E-state index is 13.1. The SMILES string of the molecule is CCNC(=NCCc1coc(-c2ccc(F)cc2)n1)NC1CCc2nc(COC)nn2C1.I. The number of ether oxygens (including phenoxy) is 1. The van der Waals surface area contributed by atoms with Gasteiger partial charge in [-0.3, -0.25) is 4.99 Å². The van der Waals surface area contributed by atoms with Crippen LogP contribution in [0.3, 0.4) is 0 Å². The second kappa shape index (κ2) is 12.1. The van der Waals surface area contributed by atoms with Gasteiger partial charge in [-0.2, -0.15) is 5.10 Å². The molecule has 178 valence electrons. The van der Waals surface area contributed by atoms with Crippen molar-refractivity contribution in [2.75, 3.05) is 20.2 Å². The molecule has 0 saturated carbocycles. The van der Waals surface area contributed by atoms with Gasteiger partial charge in [-0.05, 0) is 37.6 Å². The van der Waals surface area contributed by atoms with Crippen LogP contribution in [0.4, 0.5) is 4.39 Å². The Morgan fingerprint density at radius 1 is 1.30 bits per heavy atom. The van der Waals surface area contributed by atoms with Gasteiger partial charge in [-0.1, -0.05) is 0 Å². The molecule has 0 radical (unpaired) electrons. The van der Waals surface area contributed by atoms with Crippen LogP contribution in [0, 0.1) is 5.82 Å². The van der Waals surface area contributed by atoms with Gasteiger partial charge >= 0.3 is 0 Å². The minimum atomic E-state index is -0.285. The molecular formula is C22H29FIN7O2. The van der Waals surface area contributed by atoms with Crippen molar-refractivity contribution < 1.29 is 13.5 Å². The van der Waals surface area contributed by atoms with E-state index in [1.807, 2.05) is 11.6 Å². The van der Waals surface area contributed by atoms with E-state index in [0.717, 1.165) is 54.8 Å². The minimum Gasteiger partial charge on any atom is -0.444 e. The lowest BCUT2D eigenvalue weighted by atomic mass is 10.1.